The molecule has 1 atom stereocenters. The van der Waals surface area contributed by atoms with Crippen molar-refractivity contribution in [2.45, 2.75) is 12.3 Å². The Morgan fingerprint density at radius 1 is 1.56 bits per heavy atom. The fourth-order valence-corrected chi connectivity index (χ4v) is 0.959. The molecule has 0 aromatic carbocycles. The number of hydrogen-bond donors (Lipinski definition) is 2. The quantitative estimate of drug-likeness (QED) is 0.822. The number of hydrogen-bond acceptors (Lipinski definition) is 4. The third kappa shape index (κ3) is 3.10. The average Bonchev–Trinajstić information content (AvgIpc) is 2.24. The Morgan fingerprint density at radius 3 is 2.81 bits per heavy atom. The lowest BCUT2D eigenvalue weighted by atomic mass is 10.3. The highest BCUT2D eigenvalue weighted by molar-refractivity contribution is 5.53. The van der Waals surface area contributed by atoms with E-state index in [0.29, 0.717) is 0 Å². The number of nitrogens with one attached hydrogen (secondary N) is 1. The first-order valence-corrected chi connectivity index (χ1v) is 4.29. The van der Waals surface area contributed by atoms with Crippen LogP contribution in [0, 0.1) is 11.3 Å². The van der Waals surface area contributed by atoms with Gasteiger partial charge in [-0.2, -0.15) is 18.4 Å². The van der Waals surface area contributed by atoms with Gasteiger partial charge in [0, 0.05) is 12.7 Å². The first-order chi connectivity index (χ1) is 7.45. The number of alkyl halides is 3. The van der Waals surface area contributed by atoms with Crippen LogP contribution in [0.1, 0.15) is 5.69 Å². The van der Waals surface area contributed by atoms with Crippen molar-refractivity contribution in [2.24, 2.45) is 0 Å². The standard InChI is InChI=1S/C9H8F3N3O/c10-9(11,12)8(16)5-15-6-2-1-3-14-7(6)4-13/h1-3,8,15-16H,5H2. The highest BCUT2D eigenvalue weighted by Crippen LogP contribution is 2.20. The number of aliphatic hydroxyl groups excluding tert-OH is 1. The molecule has 0 radical (unpaired) electrons. The van der Waals surface area contributed by atoms with Crippen LogP contribution in [0.5, 0.6) is 0 Å². The summed E-state index contributed by atoms with van der Waals surface area (Å²) >= 11 is 0. The van der Waals surface area contributed by atoms with Crippen LogP contribution in [0.3, 0.4) is 0 Å². The molecule has 86 valence electrons. The molecule has 7 heteroatoms. The molecule has 16 heavy (non-hydrogen) atoms. The van der Waals surface area contributed by atoms with Crippen LogP contribution in [0.25, 0.3) is 0 Å². The summed E-state index contributed by atoms with van der Waals surface area (Å²) < 4.78 is 35.9. The van der Waals surface area contributed by atoms with Crippen LogP contribution < -0.4 is 5.32 Å². The topological polar surface area (TPSA) is 68.9 Å². The van der Waals surface area contributed by atoms with Crippen molar-refractivity contribution < 1.29 is 18.3 Å². The molecule has 0 saturated carbocycles. The Bertz CT molecular complexity index is 400. The Kier molecular flexibility index (Phi) is 3.68. The van der Waals surface area contributed by atoms with E-state index in [1.165, 1.54) is 18.3 Å². The lowest BCUT2D eigenvalue weighted by Gasteiger charge is -2.15. The summed E-state index contributed by atoms with van der Waals surface area (Å²) in [7, 11) is 0. The number of rotatable bonds is 3. The third-order valence-electron chi connectivity index (χ3n) is 1.78. The second kappa shape index (κ2) is 4.81. The van der Waals surface area contributed by atoms with Crippen molar-refractivity contribution in [2.75, 3.05) is 11.9 Å². The van der Waals surface area contributed by atoms with Crippen molar-refractivity contribution >= 4 is 5.69 Å². The van der Waals surface area contributed by atoms with Crippen molar-refractivity contribution in [1.82, 2.24) is 4.98 Å². The van der Waals surface area contributed by atoms with Crippen molar-refractivity contribution in [3.8, 4) is 6.07 Å². The van der Waals surface area contributed by atoms with Gasteiger partial charge in [0.15, 0.2) is 11.8 Å². The summed E-state index contributed by atoms with van der Waals surface area (Å²) in [6.45, 7) is -0.718. The van der Waals surface area contributed by atoms with Crippen LogP contribution >= 0.6 is 0 Å². The van der Waals surface area contributed by atoms with Gasteiger partial charge in [-0.3, -0.25) is 0 Å². The Balaban J connectivity index is 2.66. The number of pyridine rings is 1. The molecule has 0 saturated heterocycles. The van der Waals surface area contributed by atoms with Gasteiger partial charge in [0.05, 0.1) is 5.69 Å². The fourth-order valence-electron chi connectivity index (χ4n) is 0.959. The zero-order valence-electron chi connectivity index (χ0n) is 7.99. The van der Waals surface area contributed by atoms with Gasteiger partial charge in [-0.25, -0.2) is 4.98 Å². The number of aromatic nitrogens is 1. The number of anilines is 1. The van der Waals surface area contributed by atoms with E-state index in [1.807, 2.05) is 0 Å². The molecule has 1 unspecified atom stereocenters. The highest BCUT2D eigenvalue weighted by atomic mass is 19.4. The van der Waals surface area contributed by atoms with Gasteiger partial charge in [-0.15, -0.1) is 0 Å². The summed E-state index contributed by atoms with van der Waals surface area (Å²) in [5, 5.41) is 19.6. The second-order valence-electron chi connectivity index (χ2n) is 2.95. The van der Waals surface area contributed by atoms with Gasteiger partial charge in [0.25, 0.3) is 0 Å². The van der Waals surface area contributed by atoms with Crippen LogP contribution in [0.4, 0.5) is 18.9 Å². The molecular formula is C9H8F3N3O. The normalized spacial score (nSPS) is 12.9. The minimum Gasteiger partial charge on any atom is -0.382 e. The zero-order chi connectivity index (χ0) is 12.2. The molecule has 0 amide bonds. The maximum Gasteiger partial charge on any atom is 0.416 e. The Morgan fingerprint density at radius 2 is 2.25 bits per heavy atom. The summed E-state index contributed by atoms with van der Waals surface area (Å²) in [5.74, 6) is 0. The molecule has 0 fully saturated rings. The van der Waals surface area contributed by atoms with Crippen LogP contribution in [-0.2, 0) is 0 Å². The van der Waals surface area contributed by atoms with Gasteiger partial charge in [-0.1, -0.05) is 0 Å². The van der Waals surface area contributed by atoms with E-state index in [2.05, 4.69) is 10.3 Å². The van der Waals surface area contributed by atoms with E-state index in [9.17, 15) is 13.2 Å². The minimum absolute atomic E-state index is 0.0168. The molecule has 0 aliphatic heterocycles. The van der Waals surface area contributed by atoms with E-state index < -0.39 is 18.8 Å². The monoisotopic (exact) mass is 231 g/mol. The Hall–Kier alpha value is -1.81. The predicted molar refractivity (Wildman–Crippen MR) is 49.5 cm³/mol. The predicted octanol–water partition coefficient (Wildman–Crippen LogP) is 1.29. The molecule has 4 nitrogen and oxygen atoms in total. The number of aliphatic hydroxyl groups is 1. The summed E-state index contributed by atoms with van der Waals surface area (Å²) in [6, 6.07) is 4.61. The molecule has 2 N–H and O–H groups in total. The SMILES string of the molecule is N#Cc1ncccc1NCC(O)C(F)(F)F. The van der Waals surface area contributed by atoms with E-state index in [-0.39, 0.29) is 11.4 Å². The van der Waals surface area contributed by atoms with Crippen LogP contribution in [-0.4, -0.2) is 28.9 Å². The maximum absolute atomic E-state index is 12.0. The largest absolute Gasteiger partial charge is 0.416 e. The highest BCUT2D eigenvalue weighted by Gasteiger charge is 2.37. The molecule has 1 rings (SSSR count). The second-order valence-corrected chi connectivity index (χ2v) is 2.95. The summed E-state index contributed by atoms with van der Waals surface area (Å²) in [6.07, 6.45) is -5.80. The summed E-state index contributed by atoms with van der Waals surface area (Å²) in [4.78, 5) is 3.65. The molecule has 1 aromatic rings. The molecule has 1 heterocycles. The molecule has 1 aromatic heterocycles. The third-order valence-corrected chi connectivity index (χ3v) is 1.78. The molecule has 0 aliphatic carbocycles. The van der Waals surface area contributed by atoms with Crippen molar-refractivity contribution in [3.63, 3.8) is 0 Å². The van der Waals surface area contributed by atoms with E-state index in [1.54, 1.807) is 6.07 Å². The average molecular weight is 231 g/mol. The van der Waals surface area contributed by atoms with Gasteiger partial charge >= 0.3 is 6.18 Å². The fraction of sp³-hybridized carbons (Fsp3) is 0.333. The van der Waals surface area contributed by atoms with Crippen LogP contribution in [0.2, 0.25) is 0 Å². The van der Waals surface area contributed by atoms with Gasteiger partial charge in [0.2, 0.25) is 0 Å². The van der Waals surface area contributed by atoms with E-state index in [0.717, 1.165) is 0 Å². The van der Waals surface area contributed by atoms with E-state index >= 15 is 0 Å². The van der Waals surface area contributed by atoms with Gasteiger partial charge in [-0.05, 0) is 12.1 Å². The number of nitrogens with zero attached hydrogens (tertiary/aromatic N) is 2. The first kappa shape index (κ1) is 12.3. The van der Waals surface area contributed by atoms with Crippen molar-refractivity contribution in [3.05, 3.63) is 24.0 Å². The molecule has 0 aliphatic rings. The van der Waals surface area contributed by atoms with Gasteiger partial charge in [0.1, 0.15) is 6.07 Å². The van der Waals surface area contributed by atoms with Gasteiger partial charge < -0.3 is 10.4 Å². The lowest BCUT2D eigenvalue weighted by molar-refractivity contribution is -0.198. The zero-order valence-corrected chi connectivity index (χ0v) is 7.99. The number of nitriles is 1. The summed E-state index contributed by atoms with van der Waals surface area (Å²) in [5.41, 5.74) is 0.144. The maximum atomic E-state index is 12.0. The Labute approximate surface area is 89.3 Å². The minimum atomic E-state index is -4.68. The van der Waals surface area contributed by atoms with Crippen molar-refractivity contribution in [1.29, 1.82) is 5.26 Å². The van der Waals surface area contributed by atoms with Crippen LogP contribution in [0.15, 0.2) is 18.3 Å². The smallest absolute Gasteiger partial charge is 0.382 e. The molecular weight excluding hydrogens is 223 g/mol. The lowest BCUT2D eigenvalue weighted by Crippen LogP contribution is -2.35. The molecule has 0 spiro atoms. The van der Waals surface area contributed by atoms with E-state index in [4.69, 9.17) is 10.4 Å². The molecule has 0 bridgehead atoms. The number of halogens is 3. The first-order valence-electron chi connectivity index (χ1n) is 4.29.